The summed E-state index contributed by atoms with van der Waals surface area (Å²) >= 11 is 1.44. The third kappa shape index (κ3) is 2.55. The number of rotatable bonds is 4. The summed E-state index contributed by atoms with van der Waals surface area (Å²) in [6, 6.07) is 13.6. The Morgan fingerprint density at radius 3 is 2.74 bits per heavy atom. The van der Waals surface area contributed by atoms with E-state index < -0.39 is 0 Å². The van der Waals surface area contributed by atoms with Crippen LogP contribution in [-0.4, -0.2) is 17.3 Å². The summed E-state index contributed by atoms with van der Waals surface area (Å²) in [5.41, 5.74) is 3.36. The molecule has 5 aromatic rings. The molecule has 0 saturated heterocycles. The number of benzene rings is 2. The molecular weight excluding hydrogens is 362 g/mol. The first-order valence-corrected chi connectivity index (χ1v) is 9.19. The number of nitrogens with one attached hydrogen (secondary N) is 1. The van der Waals surface area contributed by atoms with E-state index in [2.05, 4.69) is 15.5 Å². The Hall–Kier alpha value is -3.32. The van der Waals surface area contributed by atoms with Gasteiger partial charge in [-0.1, -0.05) is 29.5 Å². The Bertz CT molecular complexity index is 1250. The highest BCUT2D eigenvalue weighted by molar-refractivity contribution is 7.18. The number of furan rings is 2. The van der Waals surface area contributed by atoms with E-state index in [4.69, 9.17) is 13.6 Å². The van der Waals surface area contributed by atoms with Crippen molar-refractivity contribution in [3.8, 4) is 16.5 Å². The first kappa shape index (κ1) is 15.9. The van der Waals surface area contributed by atoms with Gasteiger partial charge in [0.1, 0.15) is 16.9 Å². The van der Waals surface area contributed by atoms with Crippen LogP contribution in [0, 0.1) is 6.92 Å². The highest BCUT2D eigenvalue weighted by Crippen LogP contribution is 2.43. The average Bonchev–Trinajstić information content (AvgIpc) is 3.40. The molecule has 0 aliphatic carbocycles. The van der Waals surface area contributed by atoms with Crippen LogP contribution in [0.1, 0.15) is 5.56 Å². The van der Waals surface area contributed by atoms with Gasteiger partial charge in [0.15, 0.2) is 10.8 Å². The molecule has 2 aromatic carbocycles. The highest BCUT2D eigenvalue weighted by Gasteiger charge is 2.22. The van der Waals surface area contributed by atoms with Gasteiger partial charge >= 0.3 is 0 Å². The molecule has 5 rings (SSSR count). The quantitative estimate of drug-likeness (QED) is 0.429. The highest BCUT2D eigenvalue weighted by atomic mass is 32.1. The van der Waals surface area contributed by atoms with Gasteiger partial charge in [-0.05, 0) is 25.1 Å². The minimum atomic E-state index is 0.689. The maximum atomic E-state index is 6.11. The molecule has 0 bridgehead atoms. The molecule has 1 N–H and O–H groups in total. The van der Waals surface area contributed by atoms with Crippen LogP contribution in [0.25, 0.3) is 32.7 Å². The molecule has 0 saturated carbocycles. The molecule has 3 heterocycles. The van der Waals surface area contributed by atoms with Crippen molar-refractivity contribution in [2.45, 2.75) is 6.92 Å². The standard InChI is InChI=1S/C20H15N3O3S/c1-11-16-15(10-14-13(8-9-25-14)18(16)24-2)26-17(11)19-22-23-20(27-19)21-12-6-4-3-5-7-12/h3-10H,1-2H3,(H,21,23). The molecule has 7 heteroatoms. The zero-order valence-corrected chi connectivity index (χ0v) is 15.5. The van der Waals surface area contributed by atoms with Crippen LogP contribution in [0.5, 0.6) is 5.75 Å². The number of para-hydroxylation sites is 1. The number of fused-ring (bicyclic) bond motifs is 2. The fourth-order valence-electron chi connectivity index (χ4n) is 3.22. The van der Waals surface area contributed by atoms with Crippen LogP contribution in [0.3, 0.4) is 0 Å². The van der Waals surface area contributed by atoms with E-state index in [0.717, 1.165) is 33.4 Å². The molecular formula is C20H15N3O3S. The van der Waals surface area contributed by atoms with Gasteiger partial charge in [-0.2, -0.15) is 0 Å². The van der Waals surface area contributed by atoms with E-state index in [0.29, 0.717) is 21.5 Å². The van der Waals surface area contributed by atoms with Gasteiger partial charge < -0.3 is 18.9 Å². The van der Waals surface area contributed by atoms with Crippen LogP contribution >= 0.6 is 11.3 Å². The molecule has 0 amide bonds. The van der Waals surface area contributed by atoms with Crippen molar-refractivity contribution in [1.29, 1.82) is 0 Å². The summed E-state index contributed by atoms with van der Waals surface area (Å²) < 4.78 is 17.3. The monoisotopic (exact) mass is 377 g/mol. The number of nitrogens with zero attached hydrogens (tertiary/aromatic N) is 2. The van der Waals surface area contributed by atoms with Crippen LogP contribution in [0.15, 0.2) is 57.6 Å². The molecule has 0 aliphatic rings. The van der Waals surface area contributed by atoms with E-state index >= 15 is 0 Å². The average molecular weight is 377 g/mol. The predicted molar refractivity (Wildman–Crippen MR) is 106 cm³/mol. The first-order chi connectivity index (χ1) is 13.2. The number of aromatic nitrogens is 2. The van der Waals surface area contributed by atoms with Crippen LogP contribution in [0.2, 0.25) is 0 Å². The van der Waals surface area contributed by atoms with E-state index in [-0.39, 0.29) is 0 Å². The molecule has 0 fully saturated rings. The second-order valence-corrected chi connectivity index (χ2v) is 7.05. The molecule has 0 aliphatic heterocycles. The van der Waals surface area contributed by atoms with Crippen LogP contribution in [-0.2, 0) is 0 Å². The van der Waals surface area contributed by atoms with Crippen molar-refractivity contribution in [3.63, 3.8) is 0 Å². The van der Waals surface area contributed by atoms with Crippen molar-refractivity contribution in [1.82, 2.24) is 10.2 Å². The van der Waals surface area contributed by atoms with Gasteiger partial charge in [-0.15, -0.1) is 10.2 Å². The Kier molecular flexibility index (Phi) is 3.61. The predicted octanol–water partition coefficient (Wildman–Crippen LogP) is 5.76. The third-order valence-corrected chi connectivity index (χ3v) is 5.29. The fourth-order valence-corrected chi connectivity index (χ4v) is 4.02. The van der Waals surface area contributed by atoms with Crippen molar-refractivity contribution >= 4 is 44.1 Å². The second kappa shape index (κ2) is 6.14. The Balaban J connectivity index is 1.60. The van der Waals surface area contributed by atoms with Crippen molar-refractivity contribution in [2.24, 2.45) is 0 Å². The lowest BCUT2D eigenvalue weighted by Gasteiger charge is -2.03. The minimum Gasteiger partial charge on any atom is -0.495 e. The smallest absolute Gasteiger partial charge is 0.210 e. The van der Waals surface area contributed by atoms with Crippen molar-refractivity contribution in [3.05, 3.63) is 54.3 Å². The second-order valence-electron chi connectivity index (χ2n) is 6.07. The summed E-state index contributed by atoms with van der Waals surface area (Å²) in [6.07, 6.45) is 1.65. The normalized spacial score (nSPS) is 11.3. The Labute approximate surface area is 158 Å². The molecule has 0 atom stereocenters. The SMILES string of the molecule is COc1c2ccoc2cc2oc(-c3nnc(Nc4ccccc4)s3)c(C)c12. The van der Waals surface area contributed by atoms with Crippen LogP contribution < -0.4 is 10.1 Å². The van der Waals surface area contributed by atoms with Gasteiger partial charge in [0.05, 0.1) is 24.1 Å². The van der Waals surface area contributed by atoms with E-state index in [1.807, 2.05) is 49.4 Å². The largest absolute Gasteiger partial charge is 0.495 e. The van der Waals surface area contributed by atoms with E-state index in [9.17, 15) is 0 Å². The number of anilines is 2. The Morgan fingerprint density at radius 1 is 1.07 bits per heavy atom. The molecule has 0 radical (unpaired) electrons. The summed E-state index contributed by atoms with van der Waals surface area (Å²) in [4.78, 5) is 0. The number of aryl methyl sites for hydroxylation is 1. The number of methoxy groups -OCH3 is 1. The summed E-state index contributed by atoms with van der Waals surface area (Å²) in [5.74, 6) is 1.44. The molecule has 134 valence electrons. The lowest BCUT2D eigenvalue weighted by molar-refractivity contribution is 0.424. The first-order valence-electron chi connectivity index (χ1n) is 8.38. The fraction of sp³-hybridized carbons (Fsp3) is 0.100. The zero-order valence-electron chi connectivity index (χ0n) is 14.6. The molecule has 6 nitrogen and oxygen atoms in total. The topological polar surface area (TPSA) is 73.3 Å². The third-order valence-electron chi connectivity index (χ3n) is 4.45. The van der Waals surface area contributed by atoms with Gasteiger partial charge in [0.25, 0.3) is 0 Å². The molecule has 27 heavy (non-hydrogen) atoms. The molecule has 3 aromatic heterocycles. The van der Waals surface area contributed by atoms with Gasteiger partial charge in [0, 0.05) is 17.3 Å². The maximum Gasteiger partial charge on any atom is 0.210 e. The molecule has 0 unspecified atom stereocenters. The van der Waals surface area contributed by atoms with Crippen LogP contribution in [0.4, 0.5) is 10.8 Å². The van der Waals surface area contributed by atoms with Crippen molar-refractivity contribution in [2.75, 3.05) is 12.4 Å². The zero-order chi connectivity index (χ0) is 18.4. The Morgan fingerprint density at radius 2 is 1.93 bits per heavy atom. The van der Waals surface area contributed by atoms with Gasteiger partial charge in [0.2, 0.25) is 5.13 Å². The van der Waals surface area contributed by atoms with E-state index in [1.54, 1.807) is 13.4 Å². The summed E-state index contributed by atoms with van der Waals surface area (Å²) in [6.45, 7) is 2.00. The number of ether oxygens (including phenoxy) is 1. The maximum absolute atomic E-state index is 6.11. The lowest BCUT2D eigenvalue weighted by atomic mass is 10.1. The summed E-state index contributed by atoms with van der Waals surface area (Å²) in [7, 11) is 1.65. The number of hydrogen-bond acceptors (Lipinski definition) is 7. The molecule has 0 spiro atoms. The van der Waals surface area contributed by atoms with E-state index in [1.165, 1.54) is 11.3 Å². The summed E-state index contributed by atoms with van der Waals surface area (Å²) in [5, 5.41) is 15.0. The lowest BCUT2D eigenvalue weighted by Crippen LogP contribution is -1.87. The van der Waals surface area contributed by atoms with Gasteiger partial charge in [-0.3, -0.25) is 0 Å². The van der Waals surface area contributed by atoms with Gasteiger partial charge in [-0.25, -0.2) is 0 Å². The number of hydrogen-bond donors (Lipinski definition) is 1. The minimum absolute atomic E-state index is 0.689. The van der Waals surface area contributed by atoms with Crippen molar-refractivity contribution < 1.29 is 13.6 Å².